The predicted octanol–water partition coefficient (Wildman–Crippen LogP) is 5.33. The van der Waals surface area contributed by atoms with Gasteiger partial charge in [-0.3, -0.25) is 19.2 Å². The van der Waals surface area contributed by atoms with Crippen molar-refractivity contribution in [3.63, 3.8) is 0 Å². The van der Waals surface area contributed by atoms with E-state index < -0.39 is 0 Å². The maximum atomic E-state index is 12.3. The van der Waals surface area contributed by atoms with Gasteiger partial charge in [-0.2, -0.15) is 0 Å². The molecule has 0 aliphatic carbocycles. The Bertz CT molecular complexity index is 1610. The highest BCUT2D eigenvalue weighted by Crippen LogP contribution is 2.21. The Morgan fingerprint density at radius 1 is 0.667 bits per heavy atom. The van der Waals surface area contributed by atoms with Gasteiger partial charge in [0.05, 0.1) is 6.54 Å². The molecule has 10 heteroatoms. The maximum Gasteiger partial charge on any atom is 0.250 e. The number of carbonyl (C=O) groups excluding carboxylic acids is 2. The molecule has 1 aromatic carbocycles. The van der Waals surface area contributed by atoms with Gasteiger partial charge in [-0.1, -0.05) is 105 Å². The Hall–Kier alpha value is -3.86. The number of pyridine rings is 2. The number of piperidine rings is 1. The van der Waals surface area contributed by atoms with Crippen molar-refractivity contribution in [2.45, 2.75) is 113 Å². The number of hydrogen-bond donors (Lipinski definition) is 3. The molecule has 282 valence electrons. The van der Waals surface area contributed by atoms with E-state index >= 15 is 0 Å². The SMILES string of the molecule is CC(C)(C)[C@@H](Cn1ccccc1=O)NCC(=O)c1ccccc1.CC(C)(C)[C@H](N)CN1CCCCC1=O.CC(C)(C)[C@H](N)Cn1ccccc1=O. The Morgan fingerprint density at radius 2 is 1.16 bits per heavy atom. The van der Waals surface area contributed by atoms with E-state index in [-0.39, 0.29) is 63.7 Å². The zero-order chi connectivity index (χ0) is 38.4. The zero-order valence-electron chi connectivity index (χ0n) is 32.5. The van der Waals surface area contributed by atoms with Crippen molar-refractivity contribution in [1.29, 1.82) is 0 Å². The first-order chi connectivity index (χ1) is 23.7. The first-order valence-corrected chi connectivity index (χ1v) is 18.1. The van der Waals surface area contributed by atoms with Crippen LogP contribution in [0.25, 0.3) is 0 Å². The molecule has 51 heavy (non-hydrogen) atoms. The molecule has 10 nitrogen and oxygen atoms in total. The van der Waals surface area contributed by atoms with E-state index in [9.17, 15) is 19.2 Å². The number of hydrogen-bond acceptors (Lipinski definition) is 7. The summed E-state index contributed by atoms with van der Waals surface area (Å²) in [4.78, 5) is 49.0. The summed E-state index contributed by atoms with van der Waals surface area (Å²) in [7, 11) is 0. The summed E-state index contributed by atoms with van der Waals surface area (Å²) in [6, 6.07) is 19.6. The summed E-state index contributed by atoms with van der Waals surface area (Å²) in [6.45, 7) is 21.9. The van der Waals surface area contributed by atoms with Gasteiger partial charge in [-0.25, -0.2) is 0 Å². The van der Waals surface area contributed by atoms with Crippen LogP contribution in [-0.4, -0.2) is 63.5 Å². The first-order valence-electron chi connectivity index (χ1n) is 18.1. The second-order valence-corrected chi connectivity index (χ2v) is 16.7. The monoisotopic (exact) mass is 704 g/mol. The fourth-order valence-electron chi connectivity index (χ4n) is 5.06. The molecule has 0 unspecified atom stereocenters. The second kappa shape index (κ2) is 19.7. The highest BCUT2D eigenvalue weighted by Gasteiger charge is 2.27. The molecule has 0 radical (unpaired) electrons. The van der Waals surface area contributed by atoms with Gasteiger partial charge in [0.2, 0.25) is 5.91 Å². The summed E-state index contributed by atoms with van der Waals surface area (Å²) in [6.07, 6.45) is 6.43. The van der Waals surface area contributed by atoms with Gasteiger partial charge >= 0.3 is 0 Å². The number of likely N-dealkylation sites (tertiary alicyclic amines) is 1. The second-order valence-electron chi connectivity index (χ2n) is 16.7. The van der Waals surface area contributed by atoms with Crippen LogP contribution in [-0.2, 0) is 17.9 Å². The van der Waals surface area contributed by atoms with Crippen molar-refractivity contribution in [1.82, 2.24) is 19.4 Å². The van der Waals surface area contributed by atoms with Crippen molar-refractivity contribution < 1.29 is 9.59 Å². The van der Waals surface area contributed by atoms with Crippen molar-refractivity contribution in [2.24, 2.45) is 27.7 Å². The summed E-state index contributed by atoms with van der Waals surface area (Å²) in [5, 5.41) is 3.32. The number of nitrogens with one attached hydrogen (secondary N) is 1. The third kappa shape index (κ3) is 15.5. The minimum Gasteiger partial charge on any atom is -0.341 e. The molecule has 3 atom stereocenters. The van der Waals surface area contributed by atoms with Crippen molar-refractivity contribution in [3.8, 4) is 0 Å². The molecule has 3 aromatic rings. The molecule has 0 spiro atoms. The number of carbonyl (C=O) groups is 2. The summed E-state index contributed by atoms with van der Waals surface area (Å²) < 4.78 is 3.33. The van der Waals surface area contributed by atoms with E-state index in [0.717, 1.165) is 19.4 Å². The lowest BCUT2D eigenvalue weighted by Crippen LogP contribution is -2.48. The highest BCUT2D eigenvalue weighted by atomic mass is 16.2. The standard InChI is InChI=1S/C19H24N2O2.C11H22N2O.C11H18N2O/c1-19(2,3)17(14-21-12-8-7-11-18(21)23)20-13-16(22)15-9-5-4-6-10-15;2*1-11(2,3)9(12)8-13-7-5-4-6-10(13)14/h4-12,17,20H,13-14H2,1-3H3;9H,4-8,12H2,1-3H3;4-7,9H,8,12H2,1-3H3/t17-;2*9-/m111/s1. The first kappa shape index (κ1) is 43.3. The fourth-order valence-corrected chi connectivity index (χ4v) is 5.06. The number of nitrogens with zero attached hydrogens (tertiary/aromatic N) is 3. The Kier molecular flexibility index (Phi) is 16.7. The summed E-state index contributed by atoms with van der Waals surface area (Å²) >= 11 is 0. The van der Waals surface area contributed by atoms with Gasteiger partial charge in [0.1, 0.15) is 0 Å². The number of benzene rings is 1. The Morgan fingerprint density at radius 3 is 1.63 bits per heavy atom. The third-order valence-electron chi connectivity index (χ3n) is 9.28. The molecule has 4 rings (SSSR count). The van der Waals surface area contributed by atoms with Gasteiger partial charge in [0.25, 0.3) is 11.1 Å². The molecule has 0 bridgehead atoms. The lowest BCUT2D eigenvalue weighted by molar-refractivity contribution is -0.133. The highest BCUT2D eigenvalue weighted by molar-refractivity contribution is 5.97. The maximum absolute atomic E-state index is 12.3. The van der Waals surface area contributed by atoms with Crippen LogP contribution in [0.15, 0.2) is 88.7 Å². The Balaban J connectivity index is 0.000000280. The molecular formula is C41H64N6O4. The normalized spacial score (nSPS) is 15.4. The average Bonchev–Trinajstić information content (AvgIpc) is 3.05. The topological polar surface area (TPSA) is 145 Å². The largest absolute Gasteiger partial charge is 0.341 e. The lowest BCUT2D eigenvalue weighted by Gasteiger charge is -2.34. The molecule has 5 N–H and O–H groups in total. The van der Waals surface area contributed by atoms with Crippen LogP contribution in [0.3, 0.4) is 0 Å². The summed E-state index contributed by atoms with van der Waals surface area (Å²) in [5.74, 6) is 0.330. The molecular weight excluding hydrogens is 640 g/mol. The molecule has 1 amide bonds. The van der Waals surface area contributed by atoms with E-state index in [2.05, 4.69) is 67.6 Å². The van der Waals surface area contributed by atoms with Gasteiger partial charge in [0, 0.05) is 80.8 Å². The fraction of sp³-hybridized carbons (Fsp3) is 0.561. The minimum absolute atomic E-state index is 0.00667. The van der Waals surface area contributed by atoms with Gasteiger partial charge in [0.15, 0.2) is 5.78 Å². The molecule has 1 aliphatic rings. The average molecular weight is 705 g/mol. The van der Waals surface area contributed by atoms with Crippen molar-refractivity contribution >= 4 is 11.7 Å². The van der Waals surface area contributed by atoms with E-state index in [1.807, 2.05) is 47.4 Å². The van der Waals surface area contributed by atoms with Crippen LogP contribution in [0.5, 0.6) is 0 Å². The molecule has 0 saturated carbocycles. The number of rotatable bonds is 10. The van der Waals surface area contributed by atoms with E-state index in [4.69, 9.17) is 11.5 Å². The predicted molar refractivity (Wildman–Crippen MR) is 209 cm³/mol. The van der Waals surface area contributed by atoms with Crippen molar-refractivity contribution in [3.05, 3.63) is 105 Å². The summed E-state index contributed by atoms with van der Waals surface area (Å²) in [5.41, 5.74) is 12.7. The van der Waals surface area contributed by atoms with Crippen LogP contribution in [0.1, 0.15) is 91.9 Å². The van der Waals surface area contributed by atoms with E-state index in [1.165, 1.54) is 0 Å². The van der Waals surface area contributed by atoms with Crippen LogP contribution >= 0.6 is 0 Å². The smallest absolute Gasteiger partial charge is 0.250 e. The van der Waals surface area contributed by atoms with E-state index in [0.29, 0.717) is 31.6 Å². The van der Waals surface area contributed by atoms with Crippen LogP contribution in [0.4, 0.5) is 0 Å². The number of ketones is 1. The molecule has 1 fully saturated rings. The number of nitrogens with two attached hydrogens (primary N) is 2. The Labute approximate surface area is 305 Å². The van der Waals surface area contributed by atoms with Crippen LogP contribution < -0.4 is 27.9 Å². The number of Topliss-reactive ketones (excluding diaryl/α,β-unsaturated/α-hetero) is 1. The lowest BCUT2D eigenvalue weighted by atomic mass is 9.86. The van der Waals surface area contributed by atoms with Gasteiger partial charge < -0.3 is 30.8 Å². The number of amides is 1. The number of aromatic nitrogens is 2. The van der Waals surface area contributed by atoms with Crippen LogP contribution in [0.2, 0.25) is 0 Å². The molecule has 3 heterocycles. The van der Waals surface area contributed by atoms with E-state index in [1.54, 1.807) is 45.8 Å². The molecule has 2 aromatic heterocycles. The zero-order valence-corrected chi connectivity index (χ0v) is 32.5. The third-order valence-corrected chi connectivity index (χ3v) is 9.28. The van der Waals surface area contributed by atoms with Crippen LogP contribution in [0, 0.1) is 16.2 Å². The molecule has 1 saturated heterocycles. The van der Waals surface area contributed by atoms with Crippen molar-refractivity contribution in [2.75, 3.05) is 19.6 Å². The van der Waals surface area contributed by atoms with Gasteiger partial charge in [-0.15, -0.1) is 0 Å². The molecule has 1 aliphatic heterocycles. The minimum atomic E-state index is -0.0771. The van der Waals surface area contributed by atoms with Gasteiger partial charge in [-0.05, 0) is 41.2 Å². The quantitative estimate of drug-likeness (QED) is 0.242.